The van der Waals surface area contributed by atoms with Crippen molar-refractivity contribution in [3.63, 3.8) is 0 Å². The van der Waals surface area contributed by atoms with Crippen LogP contribution in [0.1, 0.15) is 91.0 Å². The van der Waals surface area contributed by atoms with Gasteiger partial charge in [0, 0.05) is 32.5 Å². The number of carbonyl (C=O) groups excluding carboxylic acids is 7. The van der Waals surface area contributed by atoms with Gasteiger partial charge < -0.3 is 69.9 Å². The second kappa shape index (κ2) is 29.9. The Morgan fingerprint density at radius 2 is 1.31 bits per heavy atom. The lowest BCUT2D eigenvalue weighted by Gasteiger charge is -2.31. The molecule has 1 aromatic rings. The summed E-state index contributed by atoms with van der Waals surface area (Å²) in [4.78, 5) is 119. The highest BCUT2D eigenvalue weighted by molar-refractivity contribution is 6.00. The molecule has 0 bridgehead atoms. The second-order valence-corrected chi connectivity index (χ2v) is 18.2. The van der Waals surface area contributed by atoms with Crippen LogP contribution in [-0.4, -0.2) is 136 Å². The predicted molar refractivity (Wildman–Crippen MR) is 268 cm³/mol. The lowest BCUT2D eigenvalue weighted by molar-refractivity contribution is -0.143. The lowest BCUT2D eigenvalue weighted by atomic mass is 9.96. The third kappa shape index (κ3) is 19.6. The quantitative estimate of drug-likeness (QED) is 0.0189. The van der Waals surface area contributed by atoms with Crippen molar-refractivity contribution in [2.24, 2.45) is 44.8 Å². The summed E-state index contributed by atoms with van der Waals surface area (Å²) in [7, 11) is 0. The molecular weight excluding hydrogens is 931 g/mol. The number of aliphatic imine (C=N–C) groups is 2. The van der Waals surface area contributed by atoms with Gasteiger partial charge in [0.2, 0.25) is 41.4 Å². The van der Waals surface area contributed by atoms with E-state index >= 15 is 0 Å². The van der Waals surface area contributed by atoms with Gasteiger partial charge in [0.15, 0.2) is 11.9 Å². The molecule has 23 nitrogen and oxygen atoms in total. The van der Waals surface area contributed by atoms with E-state index in [0.29, 0.717) is 18.4 Å². The number of guanidine groups is 2. The number of carboxylic acids is 1. The summed E-state index contributed by atoms with van der Waals surface area (Å²) in [6.07, 6.45) is 13.0. The third-order valence-electron chi connectivity index (χ3n) is 12.0. The van der Waals surface area contributed by atoms with E-state index < -0.39 is 95.5 Å². The predicted octanol–water partition coefficient (Wildman–Crippen LogP) is -1.45. The van der Waals surface area contributed by atoms with Crippen molar-refractivity contribution in [2.75, 3.05) is 19.6 Å². The van der Waals surface area contributed by atoms with E-state index in [1.54, 1.807) is 51.7 Å². The van der Waals surface area contributed by atoms with Gasteiger partial charge in [-0.1, -0.05) is 46.2 Å². The van der Waals surface area contributed by atoms with Crippen molar-refractivity contribution < 1.29 is 48.6 Å². The van der Waals surface area contributed by atoms with Crippen molar-refractivity contribution in [2.45, 2.75) is 134 Å². The first-order chi connectivity index (χ1) is 34.1. The minimum Gasteiger partial charge on any atom is -0.508 e. The summed E-state index contributed by atoms with van der Waals surface area (Å²) in [6.45, 7) is 7.37. The number of nitrogens with zero attached hydrogens (tertiary/aromatic N) is 3. The van der Waals surface area contributed by atoms with Crippen molar-refractivity contribution in [3.05, 3.63) is 61.4 Å². The maximum absolute atomic E-state index is 14.7. The molecule has 1 aliphatic carbocycles. The van der Waals surface area contributed by atoms with Crippen LogP contribution < -0.4 is 54.8 Å². The summed E-state index contributed by atoms with van der Waals surface area (Å²) in [6, 6.07) is -2.84. The molecule has 1 saturated carbocycles. The molecule has 0 aromatic heterocycles. The number of hydrogen-bond donors (Lipinski definition) is 12. The van der Waals surface area contributed by atoms with Crippen molar-refractivity contribution in [3.8, 4) is 18.1 Å². The molecule has 1 aliphatic heterocycles. The van der Waals surface area contributed by atoms with Gasteiger partial charge in [-0.3, -0.25) is 43.5 Å². The Morgan fingerprint density at radius 1 is 0.750 bits per heavy atom. The Balaban J connectivity index is 1.93. The summed E-state index contributed by atoms with van der Waals surface area (Å²) < 4.78 is 0. The number of terminal acetylenes is 1. The average molecular weight is 1000 g/mol. The Labute approximate surface area is 421 Å². The van der Waals surface area contributed by atoms with Crippen LogP contribution in [0.2, 0.25) is 0 Å². The van der Waals surface area contributed by atoms with Crippen LogP contribution in [-0.2, 0) is 44.8 Å². The molecular formula is C49H72N13O10. The Morgan fingerprint density at radius 3 is 1.86 bits per heavy atom. The summed E-state index contributed by atoms with van der Waals surface area (Å²) in [5, 5.41) is 35.8. The number of aromatic hydroxyl groups is 1. The van der Waals surface area contributed by atoms with Crippen LogP contribution in [0.15, 0.2) is 34.3 Å². The fraction of sp³-hybridized carbons (Fsp3) is 0.531. The first-order valence-corrected chi connectivity index (χ1v) is 24.0. The number of nitrogens with two attached hydrogens (primary N) is 4. The van der Waals surface area contributed by atoms with Crippen LogP contribution in [0.4, 0.5) is 0 Å². The molecule has 1 saturated heterocycles. The molecule has 0 unspecified atom stereocenters. The molecule has 393 valence electrons. The highest BCUT2D eigenvalue weighted by atomic mass is 16.4. The van der Waals surface area contributed by atoms with Gasteiger partial charge in [-0.15, -0.1) is 12.3 Å². The van der Waals surface area contributed by atoms with Crippen LogP contribution in [0.5, 0.6) is 5.75 Å². The molecule has 0 spiro atoms. The van der Waals surface area contributed by atoms with Crippen LogP contribution in [0.3, 0.4) is 0 Å². The van der Waals surface area contributed by atoms with E-state index in [2.05, 4.69) is 47.8 Å². The topological polar surface area (TPSA) is 381 Å². The lowest BCUT2D eigenvalue weighted by Crippen LogP contribution is -2.60. The third-order valence-corrected chi connectivity index (χ3v) is 12.0. The van der Waals surface area contributed by atoms with Gasteiger partial charge in [-0.25, -0.2) is 4.79 Å². The minimum atomic E-state index is -1.34. The number of carboxylic acid groups (broad SMARTS) is 1. The summed E-state index contributed by atoms with van der Waals surface area (Å²) >= 11 is 0. The summed E-state index contributed by atoms with van der Waals surface area (Å²) in [5.41, 5.74) is 22.6. The number of aliphatic carboxylic acids is 1. The van der Waals surface area contributed by atoms with E-state index in [1.807, 2.05) is 13.8 Å². The van der Waals surface area contributed by atoms with Crippen molar-refractivity contribution in [1.82, 2.24) is 36.8 Å². The normalized spacial score (nSPS) is 17.3. The molecule has 8 atom stereocenters. The van der Waals surface area contributed by atoms with E-state index in [9.17, 15) is 48.6 Å². The smallest absolute Gasteiger partial charge is 0.326 e. The molecule has 3 rings (SSSR count). The molecule has 7 amide bonds. The van der Waals surface area contributed by atoms with Gasteiger partial charge in [-0.2, -0.15) is 0 Å². The van der Waals surface area contributed by atoms with Gasteiger partial charge >= 0.3 is 5.97 Å². The Hall–Kier alpha value is -7.12. The molecule has 2 fully saturated rings. The fourth-order valence-corrected chi connectivity index (χ4v) is 7.93. The number of phenolic OH excluding ortho intramolecular Hbond substituents is 1. The molecule has 1 heterocycles. The van der Waals surface area contributed by atoms with Crippen molar-refractivity contribution in [1.29, 1.82) is 0 Å². The number of amides is 7. The van der Waals surface area contributed by atoms with E-state index in [1.165, 1.54) is 17.0 Å². The maximum atomic E-state index is 14.7. The molecule has 16 N–H and O–H groups in total. The highest BCUT2D eigenvalue weighted by Crippen LogP contribution is 2.24. The zero-order valence-electron chi connectivity index (χ0n) is 41.4. The molecule has 23 heteroatoms. The Kier molecular flexibility index (Phi) is 24.6. The number of likely N-dealkylation sites (tertiary alicyclic amines) is 1. The number of rotatable bonds is 29. The standard InChI is InChI=1S/C49H72N13O10/c1-6-13-33(56-40(64)31-14-8-9-15-31)41(65)57-34(16-10-23-54-48(50)51)42(66)58-35(17-11-24-55-49(52)53)46(70)62-25-12-18-38(62)44(68)59-36(27-30-19-21-32(63)22-20-30)43(67)61-39(29(5)7-2)45(69)60-37(47(71)72)26-28(3)4/h1,8-9,14-15,19-22,28-29,33-39,63H,7,10-13,16-18,23-27H2,2-5H3,(H,56,64)(H,57,65)(H,58,66)(H,59,68)(H,60,69)(H,61,67)(H,71,72)(H4,50,51,54)(H4,52,53,55)/t29-,33-,34-,35-,36-,37-,38-,39-/m0/s1. The van der Waals surface area contributed by atoms with Crippen LogP contribution in [0, 0.1) is 55.8 Å². The fourth-order valence-electron chi connectivity index (χ4n) is 7.93. The Bertz CT molecular complexity index is 2110. The van der Waals surface area contributed by atoms with Crippen molar-refractivity contribution >= 4 is 59.2 Å². The number of hydrogen-bond acceptors (Lipinski definition) is 11. The number of carbonyl (C=O) groups is 8. The molecule has 5 radical (unpaired) electrons. The van der Waals surface area contributed by atoms with Crippen LogP contribution in [0.25, 0.3) is 0 Å². The number of phenols is 1. The monoisotopic (exact) mass is 1000 g/mol. The number of benzene rings is 1. The van der Waals surface area contributed by atoms with Gasteiger partial charge in [0.25, 0.3) is 0 Å². The largest absolute Gasteiger partial charge is 0.508 e. The van der Waals surface area contributed by atoms with E-state index in [-0.39, 0.29) is 101 Å². The molecule has 1 aromatic carbocycles. The first-order valence-electron chi connectivity index (χ1n) is 24.0. The van der Waals surface area contributed by atoms with Gasteiger partial charge in [-0.05, 0) is 100 Å². The SMILES string of the molecule is C#CC[C@H](NC(=O)[C]1[CH][CH][CH][CH]1)C(=O)N[C@@H](CCCN=C(N)N)C(=O)N[C@@H](CCCN=C(N)N)C(=O)N1CCC[C@H]1C(=O)N[C@@H](Cc1ccc(O)cc1)C(=O)N[C@H](C(=O)N[C@@H](CC(C)C)C(=O)O)[C@@H](C)CC. The zero-order valence-corrected chi connectivity index (χ0v) is 41.4. The first kappa shape index (κ1) is 59.2. The highest BCUT2D eigenvalue weighted by Gasteiger charge is 2.41. The van der Waals surface area contributed by atoms with Gasteiger partial charge in [0.1, 0.15) is 48.0 Å². The average Bonchev–Trinajstić information content (AvgIpc) is 4.06. The van der Waals surface area contributed by atoms with Crippen LogP contribution >= 0.6 is 0 Å². The van der Waals surface area contributed by atoms with E-state index in [4.69, 9.17) is 29.4 Å². The van der Waals surface area contributed by atoms with Gasteiger partial charge in [0.05, 0.1) is 5.92 Å². The second-order valence-electron chi connectivity index (χ2n) is 18.2. The maximum Gasteiger partial charge on any atom is 0.326 e. The zero-order chi connectivity index (χ0) is 53.5. The summed E-state index contributed by atoms with van der Waals surface area (Å²) in [5.74, 6) is -4.57. The minimum absolute atomic E-state index is 0.0267. The number of nitrogens with one attached hydrogen (secondary N) is 6. The molecule has 2 aliphatic rings. The molecule has 72 heavy (non-hydrogen) atoms. The van der Waals surface area contributed by atoms with E-state index in [0.717, 1.165) is 0 Å².